The number of esters is 1. The first kappa shape index (κ1) is 14.4. The largest absolute Gasteiger partial charge is 0.468 e. The second-order valence-electron chi connectivity index (χ2n) is 3.37. The Balaban J connectivity index is 3.74. The van der Waals surface area contributed by atoms with Crippen LogP contribution in [0.4, 0.5) is 0 Å². The first-order valence-electron chi connectivity index (χ1n) is 5.65. The number of hydrogen-bond acceptors (Lipinski definition) is 4. The van der Waals surface area contributed by atoms with Crippen molar-refractivity contribution < 1.29 is 14.3 Å². The number of unbranched alkanes of at least 4 members (excludes halogenated alkanes) is 1. The van der Waals surface area contributed by atoms with Gasteiger partial charge in [-0.25, -0.2) is 0 Å². The van der Waals surface area contributed by atoms with Crippen molar-refractivity contribution in [2.45, 2.75) is 39.2 Å². The second-order valence-corrected chi connectivity index (χ2v) is 3.37. The van der Waals surface area contributed by atoms with Crippen molar-refractivity contribution >= 4 is 5.97 Å². The van der Waals surface area contributed by atoms with Crippen LogP contribution in [0.15, 0.2) is 0 Å². The summed E-state index contributed by atoms with van der Waals surface area (Å²) >= 11 is 0. The molecule has 0 heterocycles. The van der Waals surface area contributed by atoms with Crippen LogP contribution in [0.1, 0.15) is 33.1 Å². The van der Waals surface area contributed by atoms with Gasteiger partial charge in [0, 0.05) is 13.2 Å². The molecule has 0 bridgehead atoms. The van der Waals surface area contributed by atoms with Crippen molar-refractivity contribution in [3.63, 3.8) is 0 Å². The molecule has 0 fully saturated rings. The summed E-state index contributed by atoms with van der Waals surface area (Å²) in [7, 11) is 1.42. The van der Waals surface area contributed by atoms with E-state index < -0.39 is 0 Å². The summed E-state index contributed by atoms with van der Waals surface area (Å²) in [4.78, 5) is 11.4. The van der Waals surface area contributed by atoms with Gasteiger partial charge >= 0.3 is 5.97 Å². The van der Waals surface area contributed by atoms with Crippen LogP contribution in [-0.4, -0.2) is 38.9 Å². The molecule has 1 atom stereocenters. The average Bonchev–Trinajstić information content (AvgIpc) is 2.27. The van der Waals surface area contributed by atoms with Crippen molar-refractivity contribution in [3.05, 3.63) is 0 Å². The van der Waals surface area contributed by atoms with Gasteiger partial charge in [-0.05, 0) is 13.3 Å². The summed E-state index contributed by atoms with van der Waals surface area (Å²) in [5.74, 6) is -0.181. The SMILES string of the molecule is CCCCC(NCCOCC)C(=O)OC. The van der Waals surface area contributed by atoms with Crippen LogP contribution in [0.3, 0.4) is 0 Å². The summed E-state index contributed by atoms with van der Waals surface area (Å²) in [5, 5.41) is 3.14. The molecule has 0 aromatic rings. The zero-order chi connectivity index (χ0) is 11.5. The molecule has 1 N–H and O–H groups in total. The summed E-state index contributed by atoms with van der Waals surface area (Å²) in [5.41, 5.74) is 0. The fourth-order valence-electron chi connectivity index (χ4n) is 1.30. The number of rotatable bonds is 9. The van der Waals surface area contributed by atoms with E-state index >= 15 is 0 Å². The van der Waals surface area contributed by atoms with Gasteiger partial charge in [0.2, 0.25) is 0 Å². The Morgan fingerprint density at radius 2 is 2.13 bits per heavy atom. The van der Waals surface area contributed by atoms with E-state index in [1.54, 1.807) is 0 Å². The predicted octanol–water partition coefficient (Wildman–Crippen LogP) is 1.34. The number of carbonyl (C=O) groups is 1. The van der Waals surface area contributed by atoms with E-state index in [0.717, 1.165) is 19.3 Å². The van der Waals surface area contributed by atoms with Crippen molar-refractivity contribution in [2.24, 2.45) is 0 Å². The third kappa shape index (κ3) is 7.33. The van der Waals surface area contributed by atoms with E-state index in [-0.39, 0.29) is 12.0 Å². The van der Waals surface area contributed by atoms with Crippen molar-refractivity contribution in [1.82, 2.24) is 5.32 Å². The van der Waals surface area contributed by atoms with E-state index in [1.807, 2.05) is 6.92 Å². The highest BCUT2D eigenvalue weighted by Crippen LogP contribution is 2.02. The number of ether oxygens (including phenoxy) is 2. The number of carbonyl (C=O) groups excluding carboxylic acids is 1. The van der Waals surface area contributed by atoms with Crippen LogP contribution < -0.4 is 5.32 Å². The Hall–Kier alpha value is -0.610. The van der Waals surface area contributed by atoms with Crippen LogP contribution >= 0.6 is 0 Å². The van der Waals surface area contributed by atoms with Crippen molar-refractivity contribution in [1.29, 1.82) is 0 Å². The maximum atomic E-state index is 11.4. The minimum absolute atomic E-state index is 0.181. The highest BCUT2D eigenvalue weighted by molar-refractivity contribution is 5.75. The lowest BCUT2D eigenvalue weighted by atomic mass is 10.1. The molecule has 0 amide bonds. The normalized spacial score (nSPS) is 12.5. The molecule has 0 spiro atoms. The maximum Gasteiger partial charge on any atom is 0.322 e. The number of methoxy groups -OCH3 is 1. The minimum atomic E-state index is -0.185. The summed E-state index contributed by atoms with van der Waals surface area (Å²) in [6.07, 6.45) is 2.94. The Bertz CT molecular complexity index is 162. The molecule has 0 aromatic carbocycles. The maximum absolute atomic E-state index is 11.4. The average molecular weight is 217 g/mol. The van der Waals surface area contributed by atoms with Gasteiger partial charge in [0.15, 0.2) is 0 Å². The molecular formula is C11H23NO3. The lowest BCUT2D eigenvalue weighted by molar-refractivity contribution is -0.143. The number of hydrogen-bond donors (Lipinski definition) is 1. The van der Waals surface area contributed by atoms with Crippen LogP contribution in [0.2, 0.25) is 0 Å². The smallest absolute Gasteiger partial charge is 0.322 e. The van der Waals surface area contributed by atoms with E-state index in [0.29, 0.717) is 19.8 Å². The second kappa shape index (κ2) is 9.93. The molecule has 0 aliphatic carbocycles. The lowest BCUT2D eigenvalue weighted by Crippen LogP contribution is -2.39. The standard InChI is InChI=1S/C11H23NO3/c1-4-6-7-10(11(13)14-3)12-8-9-15-5-2/h10,12H,4-9H2,1-3H3. The first-order chi connectivity index (χ1) is 7.26. The molecule has 90 valence electrons. The van der Waals surface area contributed by atoms with Gasteiger partial charge in [0.1, 0.15) is 6.04 Å². The summed E-state index contributed by atoms with van der Waals surface area (Å²) in [6, 6.07) is -0.185. The first-order valence-corrected chi connectivity index (χ1v) is 5.65. The Labute approximate surface area is 92.3 Å². The van der Waals surface area contributed by atoms with E-state index in [9.17, 15) is 4.79 Å². The molecule has 0 rings (SSSR count). The zero-order valence-corrected chi connectivity index (χ0v) is 10.0. The van der Waals surface area contributed by atoms with Crippen molar-refractivity contribution in [2.75, 3.05) is 26.9 Å². The Morgan fingerprint density at radius 1 is 1.40 bits per heavy atom. The fraction of sp³-hybridized carbons (Fsp3) is 0.909. The summed E-state index contributed by atoms with van der Waals surface area (Å²) < 4.78 is 9.91. The molecule has 0 saturated heterocycles. The van der Waals surface area contributed by atoms with Gasteiger partial charge in [-0.3, -0.25) is 4.79 Å². The van der Waals surface area contributed by atoms with Gasteiger partial charge in [0.05, 0.1) is 13.7 Å². The zero-order valence-electron chi connectivity index (χ0n) is 10.0. The Morgan fingerprint density at radius 3 is 2.67 bits per heavy atom. The molecule has 1 unspecified atom stereocenters. The third-order valence-electron chi connectivity index (χ3n) is 2.17. The molecule has 0 radical (unpaired) electrons. The van der Waals surface area contributed by atoms with E-state index in [1.165, 1.54) is 7.11 Å². The molecule has 4 nitrogen and oxygen atoms in total. The number of nitrogens with one attached hydrogen (secondary N) is 1. The minimum Gasteiger partial charge on any atom is -0.468 e. The van der Waals surface area contributed by atoms with Gasteiger partial charge in [-0.1, -0.05) is 19.8 Å². The van der Waals surface area contributed by atoms with E-state index in [2.05, 4.69) is 12.2 Å². The quantitative estimate of drug-likeness (QED) is 0.468. The van der Waals surface area contributed by atoms with Crippen LogP contribution in [0.25, 0.3) is 0 Å². The predicted molar refractivity (Wildman–Crippen MR) is 59.8 cm³/mol. The van der Waals surface area contributed by atoms with E-state index in [4.69, 9.17) is 9.47 Å². The lowest BCUT2D eigenvalue weighted by Gasteiger charge is -2.15. The molecule has 0 aliphatic rings. The third-order valence-corrected chi connectivity index (χ3v) is 2.17. The molecule has 15 heavy (non-hydrogen) atoms. The topological polar surface area (TPSA) is 47.6 Å². The van der Waals surface area contributed by atoms with Gasteiger partial charge < -0.3 is 14.8 Å². The van der Waals surface area contributed by atoms with Gasteiger partial charge in [0.25, 0.3) is 0 Å². The van der Waals surface area contributed by atoms with Crippen LogP contribution in [-0.2, 0) is 14.3 Å². The van der Waals surface area contributed by atoms with Crippen molar-refractivity contribution in [3.8, 4) is 0 Å². The van der Waals surface area contributed by atoms with Gasteiger partial charge in [-0.2, -0.15) is 0 Å². The fourth-order valence-corrected chi connectivity index (χ4v) is 1.30. The van der Waals surface area contributed by atoms with Crippen LogP contribution in [0, 0.1) is 0 Å². The van der Waals surface area contributed by atoms with Crippen LogP contribution in [0.5, 0.6) is 0 Å². The molecule has 4 heteroatoms. The highest BCUT2D eigenvalue weighted by atomic mass is 16.5. The molecular weight excluding hydrogens is 194 g/mol. The molecule has 0 saturated carbocycles. The monoisotopic (exact) mass is 217 g/mol. The molecule has 0 aromatic heterocycles. The van der Waals surface area contributed by atoms with Gasteiger partial charge in [-0.15, -0.1) is 0 Å². The summed E-state index contributed by atoms with van der Waals surface area (Å²) in [6.45, 7) is 6.09. The molecule has 0 aliphatic heterocycles. The Kier molecular flexibility index (Phi) is 9.52. The highest BCUT2D eigenvalue weighted by Gasteiger charge is 2.16.